The fourth-order valence-corrected chi connectivity index (χ4v) is 6.55. The van der Waals surface area contributed by atoms with Crippen molar-refractivity contribution in [2.75, 3.05) is 32.7 Å². The minimum atomic E-state index is -2.57. The smallest absolute Gasteiger partial charge is 0.272 e. The van der Waals surface area contributed by atoms with Gasteiger partial charge in [0.25, 0.3) is 11.8 Å². The number of amides is 1. The lowest BCUT2D eigenvalue weighted by molar-refractivity contribution is -0.133. The Bertz CT molecular complexity index is 1370. The molecule has 0 N–H and O–H groups in total. The number of aryl methyl sites for hydroxylation is 1. The normalized spacial score (nSPS) is 19.9. The molecule has 3 aromatic rings. The van der Waals surface area contributed by atoms with Crippen LogP contribution < -0.4 is 0 Å². The summed E-state index contributed by atoms with van der Waals surface area (Å²) in [6, 6.07) is 14.0. The van der Waals surface area contributed by atoms with Gasteiger partial charge in [-0.15, -0.1) is 0 Å². The van der Waals surface area contributed by atoms with Crippen molar-refractivity contribution in [2.24, 2.45) is 0 Å². The zero-order chi connectivity index (χ0) is 26.6. The number of carbonyl (C=O) groups excluding carboxylic acids is 1. The molecule has 0 unspecified atom stereocenters. The number of carbonyl (C=O) groups is 1. The van der Waals surface area contributed by atoms with Crippen molar-refractivity contribution in [3.05, 3.63) is 75.4 Å². The number of alkyl halides is 2. The maximum atomic E-state index is 14.0. The highest BCUT2D eigenvalue weighted by Crippen LogP contribution is 2.39. The van der Waals surface area contributed by atoms with E-state index in [2.05, 4.69) is 21.7 Å². The molecule has 2 saturated heterocycles. The van der Waals surface area contributed by atoms with Crippen molar-refractivity contribution in [1.82, 2.24) is 19.5 Å². The minimum Gasteiger partial charge on any atom is -0.312 e. The van der Waals surface area contributed by atoms with Gasteiger partial charge in [0.1, 0.15) is 0 Å². The first-order valence-electron chi connectivity index (χ1n) is 13.5. The number of aromatic nitrogens is 1. The molecule has 0 spiro atoms. The molecule has 0 bridgehead atoms. The minimum absolute atomic E-state index is 0.0765. The van der Waals surface area contributed by atoms with Gasteiger partial charge in [0.15, 0.2) is 0 Å². The van der Waals surface area contributed by atoms with E-state index in [0.717, 1.165) is 77.2 Å². The molecule has 38 heavy (non-hydrogen) atoms. The molecular formula is C30H33ClF2N4O. The van der Waals surface area contributed by atoms with Gasteiger partial charge in [0, 0.05) is 49.0 Å². The van der Waals surface area contributed by atoms with Crippen molar-refractivity contribution >= 4 is 17.5 Å². The van der Waals surface area contributed by atoms with Gasteiger partial charge in [-0.25, -0.2) is 13.8 Å². The Labute approximate surface area is 227 Å². The number of hydrogen-bond acceptors (Lipinski definition) is 3. The monoisotopic (exact) mass is 538 g/mol. The van der Waals surface area contributed by atoms with Crippen molar-refractivity contribution in [1.29, 1.82) is 0 Å². The molecule has 5 nitrogen and oxygen atoms in total. The van der Waals surface area contributed by atoms with Gasteiger partial charge in [0.2, 0.25) is 0 Å². The summed E-state index contributed by atoms with van der Waals surface area (Å²) in [6.45, 7) is 6.74. The third-order valence-electron chi connectivity index (χ3n) is 8.14. The Kier molecular flexibility index (Phi) is 6.57. The number of fused-ring (bicyclic) bond motifs is 1. The van der Waals surface area contributed by atoms with Crippen LogP contribution in [0.2, 0.25) is 5.02 Å². The summed E-state index contributed by atoms with van der Waals surface area (Å²) in [4.78, 5) is 15.7. The van der Waals surface area contributed by atoms with Crippen LogP contribution in [0, 0.1) is 13.8 Å². The molecule has 2 aromatic carbocycles. The van der Waals surface area contributed by atoms with E-state index in [1.165, 1.54) is 6.42 Å². The SMILES string of the molecule is Cc1cc(Cl)ccc1-n1c2c(c(C)c1-c1ccc(CN3CC(F)(F)C3)cc1)C(=O)N(N1CCCCC1)CC2. The standard InChI is InChI=1S/C30H33ClF2N4O/c1-20-16-24(31)10-11-25(20)37-26-12-15-36(35-13-4-3-5-14-35)29(38)27(26)21(2)28(37)23-8-6-22(7-9-23)17-34-18-30(32,33)19-34/h6-11,16H,3-5,12-15,17-19H2,1-2H3. The Balaban J connectivity index is 1.41. The molecule has 6 rings (SSSR count). The number of rotatable bonds is 5. The van der Waals surface area contributed by atoms with E-state index in [1.807, 2.05) is 49.2 Å². The Hall–Kier alpha value is -2.74. The quantitative estimate of drug-likeness (QED) is 0.384. The zero-order valence-corrected chi connectivity index (χ0v) is 22.7. The molecule has 0 radical (unpaired) electrons. The molecular weight excluding hydrogens is 506 g/mol. The zero-order valence-electron chi connectivity index (χ0n) is 21.9. The number of nitrogens with zero attached hydrogens (tertiary/aromatic N) is 4. The maximum absolute atomic E-state index is 14.0. The molecule has 4 heterocycles. The Morgan fingerprint density at radius 2 is 1.66 bits per heavy atom. The molecule has 0 atom stereocenters. The van der Waals surface area contributed by atoms with Crippen molar-refractivity contribution < 1.29 is 13.6 Å². The van der Waals surface area contributed by atoms with Gasteiger partial charge in [0.05, 0.1) is 24.3 Å². The van der Waals surface area contributed by atoms with E-state index in [9.17, 15) is 13.6 Å². The summed E-state index contributed by atoms with van der Waals surface area (Å²) in [5.41, 5.74) is 7.84. The molecule has 0 saturated carbocycles. The lowest BCUT2D eigenvalue weighted by Crippen LogP contribution is -2.55. The summed E-state index contributed by atoms with van der Waals surface area (Å²) in [5, 5.41) is 4.87. The number of hydrazine groups is 1. The van der Waals surface area contributed by atoms with Crippen LogP contribution in [-0.4, -0.2) is 64.0 Å². The van der Waals surface area contributed by atoms with E-state index in [0.29, 0.717) is 18.1 Å². The van der Waals surface area contributed by atoms with Gasteiger partial charge in [-0.3, -0.25) is 14.7 Å². The molecule has 2 fully saturated rings. The van der Waals surface area contributed by atoms with Crippen LogP contribution in [0.1, 0.15) is 52.0 Å². The van der Waals surface area contributed by atoms with Crippen LogP contribution in [0.15, 0.2) is 42.5 Å². The second-order valence-corrected chi connectivity index (χ2v) is 11.4. The molecule has 0 aliphatic carbocycles. The van der Waals surface area contributed by atoms with E-state index in [1.54, 1.807) is 4.90 Å². The number of likely N-dealkylation sites (tertiary alicyclic amines) is 1. The summed E-state index contributed by atoms with van der Waals surface area (Å²) < 4.78 is 28.8. The second-order valence-electron chi connectivity index (χ2n) is 11.0. The Morgan fingerprint density at radius 1 is 0.947 bits per heavy atom. The van der Waals surface area contributed by atoms with Crippen LogP contribution in [0.25, 0.3) is 16.9 Å². The fraction of sp³-hybridized carbons (Fsp3) is 0.433. The molecule has 8 heteroatoms. The first kappa shape index (κ1) is 25.5. The Morgan fingerprint density at radius 3 is 2.32 bits per heavy atom. The first-order valence-corrected chi connectivity index (χ1v) is 13.9. The topological polar surface area (TPSA) is 31.7 Å². The summed E-state index contributed by atoms with van der Waals surface area (Å²) in [6.07, 6.45) is 4.22. The van der Waals surface area contributed by atoms with Gasteiger partial charge >= 0.3 is 0 Å². The van der Waals surface area contributed by atoms with E-state index in [-0.39, 0.29) is 19.0 Å². The van der Waals surface area contributed by atoms with Crippen LogP contribution in [0.4, 0.5) is 8.78 Å². The predicted molar refractivity (Wildman–Crippen MR) is 146 cm³/mol. The van der Waals surface area contributed by atoms with Crippen molar-refractivity contribution in [3.8, 4) is 16.9 Å². The maximum Gasteiger partial charge on any atom is 0.272 e. The summed E-state index contributed by atoms with van der Waals surface area (Å²) in [7, 11) is 0. The average Bonchev–Trinajstić information content (AvgIpc) is 3.17. The van der Waals surface area contributed by atoms with Gasteiger partial charge < -0.3 is 4.57 Å². The largest absolute Gasteiger partial charge is 0.312 e. The van der Waals surface area contributed by atoms with Crippen molar-refractivity contribution in [3.63, 3.8) is 0 Å². The fourth-order valence-electron chi connectivity index (χ4n) is 6.33. The molecule has 200 valence electrons. The lowest BCUT2D eigenvalue weighted by Gasteiger charge is -2.39. The number of piperidine rings is 1. The number of benzene rings is 2. The number of hydrogen-bond donors (Lipinski definition) is 0. The van der Waals surface area contributed by atoms with Crippen LogP contribution in [-0.2, 0) is 13.0 Å². The van der Waals surface area contributed by atoms with Crippen LogP contribution in [0.3, 0.4) is 0 Å². The lowest BCUT2D eigenvalue weighted by atomic mass is 10.0. The van der Waals surface area contributed by atoms with E-state index < -0.39 is 5.92 Å². The van der Waals surface area contributed by atoms with Crippen LogP contribution >= 0.6 is 11.6 Å². The highest BCUT2D eigenvalue weighted by Gasteiger charge is 2.43. The van der Waals surface area contributed by atoms with Gasteiger partial charge in [-0.2, -0.15) is 0 Å². The third-order valence-corrected chi connectivity index (χ3v) is 8.37. The van der Waals surface area contributed by atoms with E-state index >= 15 is 0 Å². The van der Waals surface area contributed by atoms with Gasteiger partial charge in [-0.1, -0.05) is 42.3 Å². The van der Waals surface area contributed by atoms with Crippen molar-refractivity contribution in [2.45, 2.75) is 52.0 Å². The van der Waals surface area contributed by atoms with E-state index in [4.69, 9.17) is 11.6 Å². The third kappa shape index (κ3) is 4.55. The van der Waals surface area contributed by atoms with Crippen LogP contribution in [0.5, 0.6) is 0 Å². The summed E-state index contributed by atoms with van der Waals surface area (Å²) in [5.74, 6) is -2.49. The predicted octanol–water partition coefficient (Wildman–Crippen LogP) is 6.26. The van der Waals surface area contributed by atoms with Gasteiger partial charge in [-0.05, 0) is 67.1 Å². The number of halogens is 3. The molecule has 3 aliphatic rings. The molecule has 1 aromatic heterocycles. The molecule has 1 amide bonds. The highest BCUT2D eigenvalue weighted by atomic mass is 35.5. The highest BCUT2D eigenvalue weighted by molar-refractivity contribution is 6.30. The second kappa shape index (κ2) is 9.78. The average molecular weight is 539 g/mol. The molecule has 3 aliphatic heterocycles. The first-order chi connectivity index (χ1) is 18.2. The summed E-state index contributed by atoms with van der Waals surface area (Å²) >= 11 is 6.30.